The second-order valence-corrected chi connectivity index (χ2v) is 15.1. The topological polar surface area (TPSA) is 101 Å². The van der Waals surface area contributed by atoms with Crippen LogP contribution >= 0.6 is 11.6 Å². The highest BCUT2D eigenvalue weighted by Crippen LogP contribution is 2.35. The van der Waals surface area contributed by atoms with E-state index in [4.69, 9.17) is 16.3 Å². The smallest absolute Gasteiger partial charge is 0.418 e. The predicted molar refractivity (Wildman–Crippen MR) is 180 cm³/mol. The first-order valence-electron chi connectivity index (χ1n) is 15.0. The van der Waals surface area contributed by atoms with Gasteiger partial charge in [0, 0.05) is 53.7 Å². The number of hydrogen-bond donors (Lipinski definition) is 3. The summed E-state index contributed by atoms with van der Waals surface area (Å²) in [4.78, 5) is 8.66. The fourth-order valence-electron chi connectivity index (χ4n) is 5.55. The molecule has 6 rings (SSSR count). The summed E-state index contributed by atoms with van der Waals surface area (Å²) in [5.41, 5.74) is 0.303. The van der Waals surface area contributed by atoms with Gasteiger partial charge in [-0.05, 0) is 87.9 Å². The molecule has 8 nitrogen and oxygen atoms in total. The molecule has 0 bridgehead atoms. The maximum Gasteiger partial charge on any atom is 0.418 e. The van der Waals surface area contributed by atoms with E-state index in [0.717, 1.165) is 6.20 Å². The number of rotatable bonds is 10. The number of aliphatic hydroxyl groups is 1. The predicted octanol–water partition coefficient (Wildman–Crippen LogP) is 6.89. The Kier molecular flexibility index (Phi) is 9.40. The lowest BCUT2D eigenvalue weighted by atomic mass is 9.97. The van der Waals surface area contributed by atoms with Crippen LogP contribution in [-0.4, -0.2) is 53.4 Å². The Bertz CT molecular complexity index is 2060. The van der Waals surface area contributed by atoms with Crippen LogP contribution in [0, 0.1) is 5.82 Å². The third kappa shape index (κ3) is 7.92. The van der Waals surface area contributed by atoms with Crippen LogP contribution in [0.4, 0.5) is 29.1 Å². The highest BCUT2D eigenvalue weighted by atomic mass is 35.5. The maximum absolute atomic E-state index is 14.1. The van der Waals surface area contributed by atoms with E-state index in [-0.39, 0.29) is 55.4 Å². The molecule has 0 spiro atoms. The third-order valence-corrected chi connectivity index (χ3v) is 10.4. The quantitative estimate of drug-likeness (QED) is 0.108. The molecule has 0 radical (unpaired) electrons. The molecule has 252 valence electrons. The highest BCUT2D eigenvalue weighted by Gasteiger charge is 2.36. The average molecular weight is 702 g/mol. The van der Waals surface area contributed by atoms with Gasteiger partial charge < -0.3 is 25.0 Å². The van der Waals surface area contributed by atoms with Crippen molar-refractivity contribution in [2.75, 3.05) is 23.4 Å². The van der Waals surface area contributed by atoms with Crippen LogP contribution in [0.2, 0.25) is 5.02 Å². The molecule has 0 atom stereocenters. The summed E-state index contributed by atoms with van der Waals surface area (Å²) in [6.07, 6.45) is -0.256. The van der Waals surface area contributed by atoms with E-state index >= 15 is 0 Å². The second-order valence-electron chi connectivity index (χ2n) is 11.9. The van der Waals surface area contributed by atoms with Crippen LogP contribution in [0.25, 0.3) is 16.6 Å². The lowest BCUT2D eigenvalue weighted by Gasteiger charge is -2.33. The van der Waals surface area contributed by atoms with E-state index < -0.39 is 26.9 Å². The van der Waals surface area contributed by atoms with Gasteiger partial charge in [0.25, 0.3) is 0 Å². The summed E-state index contributed by atoms with van der Waals surface area (Å²) in [6.45, 7) is 0.0628. The Morgan fingerprint density at radius 3 is 2.58 bits per heavy atom. The number of aromatic nitrogens is 3. The zero-order chi connectivity index (χ0) is 34.1. The van der Waals surface area contributed by atoms with Crippen molar-refractivity contribution in [3.63, 3.8) is 0 Å². The summed E-state index contributed by atoms with van der Waals surface area (Å²) in [5, 5.41) is 17.9. The van der Waals surface area contributed by atoms with Crippen molar-refractivity contribution in [1.29, 1.82) is 0 Å². The minimum absolute atomic E-state index is 0.0139. The van der Waals surface area contributed by atoms with Gasteiger partial charge in [-0.1, -0.05) is 23.7 Å². The van der Waals surface area contributed by atoms with Crippen molar-refractivity contribution < 1.29 is 31.6 Å². The molecule has 48 heavy (non-hydrogen) atoms. The van der Waals surface area contributed by atoms with E-state index in [1.54, 1.807) is 48.5 Å². The molecule has 0 saturated carbocycles. The van der Waals surface area contributed by atoms with Crippen LogP contribution in [0.1, 0.15) is 29.5 Å². The fourth-order valence-corrected chi connectivity index (χ4v) is 7.50. The van der Waals surface area contributed by atoms with E-state index in [0.29, 0.717) is 44.4 Å². The van der Waals surface area contributed by atoms with Gasteiger partial charge in [-0.15, -0.1) is 0 Å². The summed E-state index contributed by atoms with van der Waals surface area (Å²) in [6, 6.07) is 16.1. The van der Waals surface area contributed by atoms with Gasteiger partial charge >= 0.3 is 6.18 Å². The van der Waals surface area contributed by atoms with Gasteiger partial charge in [-0.3, -0.25) is 4.21 Å². The maximum atomic E-state index is 14.1. The monoisotopic (exact) mass is 701 g/mol. The molecule has 0 amide bonds. The molecule has 1 fully saturated rings. The van der Waals surface area contributed by atoms with E-state index in [1.807, 2.05) is 0 Å². The van der Waals surface area contributed by atoms with Crippen LogP contribution in [0.5, 0.6) is 5.75 Å². The Labute approximate surface area is 279 Å². The van der Waals surface area contributed by atoms with Crippen molar-refractivity contribution in [2.45, 2.75) is 37.8 Å². The molecule has 3 heterocycles. The van der Waals surface area contributed by atoms with Crippen molar-refractivity contribution in [2.24, 2.45) is 0 Å². The molecule has 14 heteroatoms. The average Bonchev–Trinajstić information content (AvgIpc) is 3.48. The number of benzene rings is 3. The van der Waals surface area contributed by atoms with Gasteiger partial charge in [0.2, 0.25) is 0 Å². The largest absolute Gasteiger partial charge is 0.487 e. The van der Waals surface area contributed by atoms with E-state index in [9.17, 15) is 26.9 Å². The molecule has 0 unspecified atom stereocenters. The van der Waals surface area contributed by atoms with Crippen LogP contribution in [-0.2, 0) is 28.8 Å². The van der Waals surface area contributed by atoms with Crippen molar-refractivity contribution >= 4 is 49.4 Å². The SMILES string of the molecule is C=S1(=O)CCC(O)(CNCc2cn(-c3ccc4ncnc(Nc5ccc(OCc6cccc(F)c6)c(Cl)c5)c4c3)cc2C(F)(F)F)CC1. The molecule has 5 aromatic rings. The minimum Gasteiger partial charge on any atom is -0.487 e. The summed E-state index contributed by atoms with van der Waals surface area (Å²) >= 11 is 6.47. The molecule has 3 N–H and O–H groups in total. The van der Waals surface area contributed by atoms with Gasteiger partial charge in [0.15, 0.2) is 0 Å². The lowest BCUT2D eigenvalue weighted by molar-refractivity contribution is -0.138. The van der Waals surface area contributed by atoms with E-state index in [1.165, 1.54) is 29.2 Å². The first kappa shape index (κ1) is 33.7. The fraction of sp³-hybridized carbons (Fsp3) is 0.265. The molecule has 1 saturated heterocycles. The van der Waals surface area contributed by atoms with Crippen LogP contribution < -0.4 is 15.4 Å². The molecular formula is C34H32ClF4N5O3S. The standard InChI is InChI=1S/C34H32ClF4N5O3S/c1-48(46)11-9-33(45,10-12-48)20-40-16-23-17-44(18-28(23)34(37,38)39)26-6-7-30-27(15-26)32(42-21-41-30)43-25-5-8-31(29(35)14-25)47-19-22-3-2-4-24(36)13-22/h2-8,13-15,17-18,21,40,45H,1,9-12,16,19-20H2,(H,41,42,43). The van der Waals surface area contributed by atoms with Crippen LogP contribution in [0.15, 0.2) is 79.4 Å². The van der Waals surface area contributed by atoms with Crippen molar-refractivity contribution in [3.05, 3.63) is 107 Å². The number of fused-ring (bicyclic) bond motifs is 1. The molecule has 2 aromatic heterocycles. The number of ether oxygens (including phenoxy) is 1. The molecule has 1 aliphatic rings. The minimum atomic E-state index is -4.61. The van der Waals surface area contributed by atoms with Crippen LogP contribution in [0.3, 0.4) is 0 Å². The van der Waals surface area contributed by atoms with E-state index in [2.05, 4.69) is 26.5 Å². The Morgan fingerprint density at radius 2 is 1.85 bits per heavy atom. The molecule has 3 aromatic carbocycles. The number of nitrogens with zero attached hydrogens (tertiary/aromatic N) is 3. The molecular weight excluding hydrogens is 670 g/mol. The number of nitrogens with one attached hydrogen (secondary N) is 2. The van der Waals surface area contributed by atoms with Gasteiger partial charge in [-0.25, -0.2) is 14.4 Å². The number of halogens is 5. The zero-order valence-corrected chi connectivity index (χ0v) is 27.1. The Hall–Kier alpha value is -4.17. The summed E-state index contributed by atoms with van der Waals surface area (Å²) in [5.74, 6) is 4.70. The first-order valence-corrected chi connectivity index (χ1v) is 17.4. The van der Waals surface area contributed by atoms with Gasteiger partial charge in [0.1, 0.15) is 30.3 Å². The summed E-state index contributed by atoms with van der Waals surface area (Å²) < 4.78 is 75.1. The number of alkyl halides is 3. The summed E-state index contributed by atoms with van der Waals surface area (Å²) in [7, 11) is -2.21. The lowest BCUT2D eigenvalue weighted by Crippen LogP contribution is -2.46. The first-order chi connectivity index (χ1) is 22.8. The number of hydrogen-bond acceptors (Lipinski definition) is 7. The zero-order valence-electron chi connectivity index (χ0n) is 25.6. The number of anilines is 2. The molecule has 0 aliphatic carbocycles. The van der Waals surface area contributed by atoms with Gasteiger partial charge in [0.05, 0.1) is 21.7 Å². The highest BCUT2D eigenvalue weighted by molar-refractivity contribution is 8.00. The van der Waals surface area contributed by atoms with Crippen molar-refractivity contribution in [1.82, 2.24) is 19.9 Å². The Morgan fingerprint density at radius 1 is 1.06 bits per heavy atom. The van der Waals surface area contributed by atoms with Crippen molar-refractivity contribution in [3.8, 4) is 11.4 Å². The normalized spacial score (nSPS) is 19.8. The second kappa shape index (κ2) is 13.4. The molecule has 1 aliphatic heterocycles. The Balaban J connectivity index is 1.20. The van der Waals surface area contributed by atoms with Gasteiger partial charge in [-0.2, -0.15) is 13.2 Å². The third-order valence-electron chi connectivity index (χ3n) is 8.26.